The van der Waals surface area contributed by atoms with Crippen LogP contribution in [0.25, 0.3) is 11.3 Å². The summed E-state index contributed by atoms with van der Waals surface area (Å²) in [5.41, 5.74) is 2.80. The van der Waals surface area contributed by atoms with Crippen LogP contribution >= 0.6 is 0 Å². The third-order valence-corrected chi connectivity index (χ3v) is 4.61. The van der Waals surface area contributed by atoms with Gasteiger partial charge in [-0.3, -0.25) is 9.97 Å². The Hall–Kier alpha value is -3.81. The highest BCUT2D eigenvalue weighted by molar-refractivity contribution is 5.63. The van der Waals surface area contributed by atoms with Crippen molar-refractivity contribution in [3.63, 3.8) is 0 Å². The lowest BCUT2D eigenvalue weighted by atomic mass is 10.1. The van der Waals surface area contributed by atoms with Gasteiger partial charge in [-0.05, 0) is 37.3 Å². The summed E-state index contributed by atoms with van der Waals surface area (Å²) in [5.74, 6) is 0.408. The smallest absolute Gasteiger partial charge is 0.304 e. The summed E-state index contributed by atoms with van der Waals surface area (Å²) in [7, 11) is 0. The number of nitrogens with zero attached hydrogens (tertiary/aromatic N) is 5. The van der Waals surface area contributed by atoms with Gasteiger partial charge in [-0.2, -0.15) is 13.2 Å². The fourth-order valence-corrected chi connectivity index (χ4v) is 3.02. The van der Waals surface area contributed by atoms with Crippen LogP contribution in [0.15, 0.2) is 79.3 Å². The summed E-state index contributed by atoms with van der Waals surface area (Å²) in [5, 5.41) is 0. The van der Waals surface area contributed by atoms with Crippen LogP contribution in [0.3, 0.4) is 0 Å². The number of para-hydroxylation sites is 1. The van der Waals surface area contributed by atoms with Gasteiger partial charge in [0.2, 0.25) is 5.95 Å². The minimum atomic E-state index is -4.38. The zero-order chi connectivity index (χ0) is 21.8. The molecule has 0 fully saturated rings. The zero-order valence-corrected chi connectivity index (χ0v) is 16.6. The Balaban J connectivity index is 1.70. The number of hydrogen-bond acceptors (Lipinski definition) is 5. The number of hydrogen-bond donors (Lipinski definition) is 0. The molecular weight excluding hydrogens is 403 g/mol. The van der Waals surface area contributed by atoms with Crippen LogP contribution in [-0.4, -0.2) is 19.9 Å². The summed E-state index contributed by atoms with van der Waals surface area (Å²) in [6.45, 7) is 2.25. The van der Waals surface area contributed by atoms with Crippen LogP contribution < -0.4 is 4.90 Å². The molecule has 5 nitrogen and oxygen atoms in total. The molecule has 31 heavy (non-hydrogen) atoms. The van der Waals surface area contributed by atoms with Gasteiger partial charge in [0.15, 0.2) is 0 Å². The lowest BCUT2D eigenvalue weighted by Crippen LogP contribution is -2.20. The Bertz CT molecular complexity index is 1140. The average molecular weight is 421 g/mol. The molecule has 0 saturated heterocycles. The Morgan fingerprint density at radius 2 is 1.58 bits per heavy atom. The first-order valence-corrected chi connectivity index (χ1v) is 9.51. The highest BCUT2D eigenvalue weighted by Crippen LogP contribution is 2.31. The highest BCUT2D eigenvalue weighted by atomic mass is 19.4. The van der Waals surface area contributed by atoms with Gasteiger partial charge in [-0.25, -0.2) is 9.97 Å². The van der Waals surface area contributed by atoms with Gasteiger partial charge >= 0.3 is 6.18 Å². The molecule has 2 aromatic carbocycles. The van der Waals surface area contributed by atoms with Crippen LogP contribution in [0.1, 0.15) is 17.0 Å². The van der Waals surface area contributed by atoms with Crippen molar-refractivity contribution in [3.8, 4) is 11.3 Å². The first-order valence-electron chi connectivity index (χ1n) is 9.51. The molecule has 8 heteroatoms. The molecule has 0 aliphatic rings. The number of rotatable bonds is 5. The summed E-state index contributed by atoms with van der Waals surface area (Å²) in [6, 6.07) is 16.2. The third kappa shape index (κ3) is 4.85. The van der Waals surface area contributed by atoms with E-state index < -0.39 is 11.7 Å². The van der Waals surface area contributed by atoms with Gasteiger partial charge in [-0.15, -0.1) is 0 Å². The highest BCUT2D eigenvalue weighted by Gasteiger charge is 2.30. The van der Waals surface area contributed by atoms with E-state index in [9.17, 15) is 13.2 Å². The van der Waals surface area contributed by atoms with Gasteiger partial charge in [-0.1, -0.05) is 30.3 Å². The molecule has 0 unspecified atom stereocenters. The first kappa shape index (κ1) is 20.5. The van der Waals surface area contributed by atoms with Gasteiger partial charge in [0, 0.05) is 23.6 Å². The maximum Gasteiger partial charge on any atom is 0.416 e. The number of aromatic nitrogens is 4. The Morgan fingerprint density at radius 1 is 0.839 bits per heavy atom. The van der Waals surface area contributed by atoms with Crippen LogP contribution in [-0.2, 0) is 12.7 Å². The van der Waals surface area contributed by atoms with E-state index in [1.165, 1.54) is 12.1 Å². The maximum atomic E-state index is 12.9. The predicted octanol–water partition coefficient (Wildman–Crippen LogP) is 5.60. The van der Waals surface area contributed by atoms with E-state index in [0.29, 0.717) is 23.8 Å². The number of benzene rings is 2. The van der Waals surface area contributed by atoms with E-state index in [0.717, 1.165) is 29.2 Å². The first-order chi connectivity index (χ1) is 14.9. The Kier molecular flexibility index (Phi) is 5.62. The van der Waals surface area contributed by atoms with E-state index in [1.54, 1.807) is 24.7 Å². The molecule has 0 N–H and O–H groups in total. The van der Waals surface area contributed by atoms with E-state index in [2.05, 4.69) is 19.9 Å². The van der Waals surface area contributed by atoms with E-state index in [1.807, 2.05) is 42.2 Å². The van der Waals surface area contributed by atoms with E-state index >= 15 is 0 Å². The molecular formula is C23H18F3N5. The van der Waals surface area contributed by atoms with Crippen LogP contribution in [0, 0.1) is 6.92 Å². The second kappa shape index (κ2) is 8.51. The van der Waals surface area contributed by atoms with E-state index in [-0.39, 0.29) is 0 Å². The second-order valence-electron chi connectivity index (χ2n) is 6.89. The Morgan fingerprint density at radius 3 is 2.23 bits per heavy atom. The van der Waals surface area contributed by atoms with Crippen molar-refractivity contribution >= 4 is 11.6 Å². The minimum Gasteiger partial charge on any atom is -0.304 e. The van der Waals surface area contributed by atoms with Crippen LogP contribution in [0.5, 0.6) is 0 Å². The van der Waals surface area contributed by atoms with Crippen molar-refractivity contribution in [1.29, 1.82) is 0 Å². The average Bonchev–Trinajstić information content (AvgIpc) is 2.79. The summed E-state index contributed by atoms with van der Waals surface area (Å²) < 4.78 is 38.6. The number of aryl methyl sites for hydroxylation is 1. The molecule has 4 rings (SSSR count). The summed E-state index contributed by atoms with van der Waals surface area (Å²) in [4.78, 5) is 19.6. The summed E-state index contributed by atoms with van der Waals surface area (Å²) >= 11 is 0. The topological polar surface area (TPSA) is 54.8 Å². The number of halogens is 3. The molecule has 0 atom stereocenters. The molecule has 0 amide bonds. The zero-order valence-electron chi connectivity index (χ0n) is 16.6. The van der Waals surface area contributed by atoms with Crippen LogP contribution in [0.4, 0.5) is 24.8 Å². The Labute approximate surface area is 177 Å². The molecule has 0 radical (unpaired) electrons. The van der Waals surface area contributed by atoms with Gasteiger partial charge in [0.25, 0.3) is 0 Å². The van der Waals surface area contributed by atoms with Gasteiger partial charge in [0.05, 0.1) is 35.4 Å². The lowest BCUT2D eigenvalue weighted by Gasteiger charge is -2.22. The van der Waals surface area contributed by atoms with Gasteiger partial charge < -0.3 is 4.90 Å². The molecule has 0 saturated carbocycles. The predicted molar refractivity (Wildman–Crippen MR) is 112 cm³/mol. The monoisotopic (exact) mass is 421 g/mol. The SMILES string of the molecule is Cc1cnc(CN(c2ccccc2)c2nccc(-c3ccc(C(F)(F)F)cc3)n2)cn1. The van der Waals surface area contributed by atoms with Crippen molar-refractivity contribution in [3.05, 3.63) is 96.2 Å². The molecule has 0 aliphatic carbocycles. The second-order valence-corrected chi connectivity index (χ2v) is 6.89. The molecule has 4 aromatic rings. The molecule has 2 aromatic heterocycles. The molecule has 2 heterocycles. The fraction of sp³-hybridized carbons (Fsp3) is 0.130. The molecule has 0 bridgehead atoms. The van der Waals surface area contributed by atoms with Crippen molar-refractivity contribution in [2.75, 3.05) is 4.90 Å². The lowest BCUT2D eigenvalue weighted by molar-refractivity contribution is -0.137. The third-order valence-electron chi connectivity index (χ3n) is 4.61. The summed E-state index contributed by atoms with van der Waals surface area (Å²) in [6.07, 6.45) is 0.601. The fourth-order valence-electron chi connectivity index (χ4n) is 3.02. The largest absolute Gasteiger partial charge is 0.416 e. The van der Waals surface area contributed by atoms with Crippen molar-refractivity contribution in [2.24, 2.45) is 0 Å². The minimum absolute atomic E-state index is 0.383. The maximum absolute atomic E-state index is 12.9. The number of anilines is 2. The van der Waals surface area contributed by atoms with Crippen molar-refractivity contribution in [1.82, 2.24) is 19.9 Å². The standard InChI is InChI=1S/C23H18F3N5/c1-16-13-29-19(14-28-16)15-31(20-5-3-2-4-6-20)22-27-12-11-21(30-22)17-7-9-18(10-8-17)23(24,25)26/h2-14H,15H2,1H3. The van der Waals surface area contributed by atoms with Gasteiger partial charge in [0.1, 0.15) is 0 Å². The quantitative estimate of drug-likeness (QED) is 0.420. The number of alkyl halides is 3. The molecule has 156 valence electrons. The van der Waals surface area contributed by atoms with Crippen molar-refractivity contribution < 1.29 is 13.2 Å². The van der Waals surface area contributed by atoms with Crippen molar-refractivity contribution in [2.45, 2.75) is 19.6 Å². The molecule has 0 spiro atoms. The normalized spacial score (nSPS) is 11.4. The molecule has 0 aliphatic heterocycles. The van der Waals surface area contributed by atoms with E-state index in [4.69, 9.17) is 0 Å². The van der Waals surface area contributed by atoms with Crippen LogP contribution in [0.2, 0.25) is 0 Å².